The molecule has 0 aromatic carbocycles. The quantitative estimate of drug-likeness (QED) is 0.568. The van der Waals surface area contributed by atoms with Crippen molar-refractivity contribution in [3.8, 4) is 12.3 Å². The average Bonchev–Trinajstić information content (AvgIpc) is 2.04. The van der Waals surface area contributed by atoms with E-state index in [2.05, 4.69) is 12.8 Å². The molecule has 2 unspecified atom stereocenters. The first kappa shape index (κ1) is 8.62. The number of hydrogen-bond donors (Lipinski definition) is 1. The van der Waals surface area contributed by atoms with Crippen LogP contribution in [0.4, 0.5) is 0 Å². The molecule has 0 aromatic rings. The molecule has 0 aromatic heterocycles. The van der Waals surface area contributed by atoms with Crippen LogP contribution in [0.15, 0.2) is 0 Å². The lowest BCUT2D eigenvalue weighted by Gasteiger charge is -2.30. The summed E-state index contributed by atoms with van der Waals surface area (Å²) >= 11 is 0. The molecule has 1 nitrogen and oxygen atoms in total. The van der Waals surface area contributed by atoms with Crippen LogP contribution in [-0.2, 0) is 0 Å². The molecule has 1 rings (SSSR count). The van der Waals surface area contributed by atoms with Gasteiger partial charge < -0.3 is 5.11 Å². The number of terminal acetylenes is 1. The number of hydrogen-bond acceptors (Lipinski definition) is 1. The van der Waals surface area contributed by atoms with Crippen molar-refractivity contribution < 1.29 is 5.11 Å². The van der Waals surface area contributed by atoms with Crippen LogP contribution in [0.5, 0.6) is 0 Å². The standard InChI is InChI=1S/C10H16O/c1-3-10(11)9-7-5-4-6-8(9)2/h1,8-11H,4-7H2,2H3/t8?,9?,10-/m0/s1. The molecule has 1 saturated carbocycles. The number of rotatable bonds is 1. The highest BCUT2D eigenvalue weighted by Gasteiger charge is 2.26. The average molecular weight is 152 g/mol. The van der Waals surface area contributed by atoms with Gasteiger partial charge in [-0.1, -0.05) is 32.1 Å². The van der Waals surface area contributed by atoms with Gasteiger partial charge in [0, 0.05) is 0 Å². The summed E-state index contributed by atoms with van der Waals surface area (Å²) in [7, 11) is 0. The first-order chi connectivity index (χ1) is 5.25. The van der Waals surface area contributed by atoms with Gasteiger partial charge in [0.25, 0.3) is 0 Å². The topological polar surface area (TPSA) is 20.2 Å². The normalized spacial score (nSPS) is 34.3. The monoisotopic (exact) mass is 152 g/mol. The van der Waals surface area contributed by atoms with Crippen molar-refractivity contribution in [3.05, 3.63) is 0 Å². The Morgan fingerprint density at radius 2 is 2.09 bits per heavy atom. The zero-order chi connectivity index (χ0) is 8.27. The van der Waals surface area contributed by atoms with E-state index in [-0.39, 0.29) is 0 Å². The Morgan fingerprint density at radius 3 is 2.64 bits per heavy atom. The van der Waals surface area contributed by atoms with E-state index in [1.165, 1.54) is 19.3 Å². The van der Waals surface area contributed by atoms with Gasteiger partial charge in [0.2, 0.25) is 0 Å². The number of aliphatic hydroxyl groups excluding tert-OH is 1. The molecule has 11 heavy (non-hydrogen) atoms. The largest absolute Gasteiger partial charge is 0.380 e. The summed E-state index contributed by atoms with van der Waals surface area (Å²) < 4.78 is 0. The van der Waals surface area contributed by atoms with Gasteiger partial charge in [-0.3, -0.25) is 0 Å². The predicted molar refractivity (Wildman–Crippen MR) is 46.0 cm³/mol. The molecule has 1 aliphatic rings. The predicted octanol–water partition coefficient (Wildman–Crippen LogP) is 1.81. The van der Waals surface area contributed by atoms with Crippen molar-refractivity contribution in [3.63, 3.8) is 0 Å². The van der Waals surface area contributed by atoms with Gasteiger partial charge in [-0.15, -0.1) is 6.42 Å². The van der Waals surface area contributed by atoms with Gasteiger partial charge in [-0.25, -0.2) is 0 Å². The maximum absolute atomic E-state index is 9.42. The van der Waals surface area contributed by atoms with Crippen molar-refractivity contribution in [2.75, 3.05) is 0 Å². The van der Waals surface area contributed by atoms with E-state index in [1.807, 2.05) is 0 Å². The van der Waals surface area contributed by atoms with Gasteiger partial charge in [-0.05, 0) is 18.3 Å². The SMILES string of the molecule is C#C[C@H](O)C1CCCCC1C. The highest BCUT2D eigenvalue weighted by molar-refractivity contribution is 4.98. The third kappa shape index (κ3) is 1.97. The Labute approximate surface area is 68.8 Å². The fourth-order valence-corrected chi connectivity index (χ4v) is 1.94. The lowest BCUT2D eigenvalue weighted by Crippen LogP contribution is -2.27. The van der Waals surface area contributed by atoms with Crippen molar-refractivity contribution >= 4 is 0 Å². The molecule has 0 bridgehead atoms. The lowest BCUT2D eigenvalue weighted by molar-refractivity contribution is 0.0955. The zero-order valence-electron chi connectivity index (χ0n) is 7.09. The highest BCUT2D eigenvalue weighted by Crippen LogP contribution is 2.31. The third-order valence-electron chi connectivity index (χ3n) is 2.75. The van der Waals surface area contributed by atoms with Crippen LogP contribution in [0.3, 0.4) is 0 Å². The lowest BCUT2D eigenvalue weighted by atomic mass is 9.77. The number of aliphatic hydroxyl groups is 1. The molecule has 0 radical (unpaired) electrons. The van der Waals surface area contributed by atoms with E-state index < -0.39 is 6.10 Å². The summed E-state index contributed by atoms with van der Waals surface area (Å²) in [6.07, 6.45) is 9.52. The smallest absolute Gasteiger partial charge is 0.117 e. The first-order valence-corrected chi connectivity index (χ1v) is 4.40. The molecule has 0 aliphatic heterocycles. The molecule has 1 heteroatoms. The summed E-state index contributed by atoms with van der Waals surface area (Å²) in [6.45, 7) is 2.18. The van der Waals surface area contributed by atoms with Crippen LogP contribution < -0.4 is 0 Å². The minimum absolute atomic E-state index is 0.355. The summed E-state index contributed by atoms with van der Waals surface area (Å²) in [5, 5.41) is 9.42. The Hall–Kier alpha value is -0.480. The first-order valence-electron chi connectivity index (χ1n) is 4.40. The van der Waals surface area contributed by atoms with Gasteiger partial charge >= 0.3 is 0 Å². The van der Waals surface area contributed by atoms with Crippen molar-refractivity contribution in [1.82, 2.24) is 0 Å². The Morgan fingerprint density at radius 1 is 1.45 bits per heavy atom. The second kappa shape index (κ2) is 3.78. The zero-order valence-corrected chi connectivity index (χ0v) is 7.09. The van der Waals surface area contributed by atoms with Crippen LogP contribution in [0.25, 0.3) is 0 Å². The van der Waals surface area contributed by atoms with E-state index in [1.54, 1.807) is 0 Å². The van der Waals surface area contributed by atoms with Gasteiger partial charge in [-0.2, -0.15) is 0 Å². The van der Waals surface area contributed by atoms with E-state index in [0.717, 1.165) is 6.42 Å². The van der Waals surface area contributed by atoms with Crippen LogP contribution >= 0.6 is 0 Å². The molecular formula is C10H16O. The minimum Gasteiger partial charge on any atom is -0.380 e. The third-order valence-corrected chi connectivity index (χ3v) is 2.75. The highest BCUT2D eigenvalue weighted by atomic mass is 16.3. The van der Waals surface area contributed by atoms with Gasteiger partial charge in [0.1, 0.15) is 6.10 Å². The van der Waals surface area contributed by atoms with E-state index in [4.69, 9.17) is 6.42 Å². The van der Waals surface area contributed by atoms with Crippen LogP contribution in [0.1, 0.15) is 32.6 Å². The molecule has 0 saturated heterocycles. The second-order valence-electron chi connectivity index (χ2n) is 3.54. The molecule has 1 aliphatic carbocycles. The van der Waals surface area contributed by atoms with E-state index in [0.29, 0.717) is 11.8 Å². The van der Waals surface area contributed by atoms with Gasteiger partial charge in [0.15, 0.2) is 0 Å². The van der Waals surface area contributed by atoms with E-state index in [9.17, 15) is 5.11 Å². The fourth-order valence-electron chi connectivity index (χ4n) is 1.94. The summed E-state index contributed by atoms with van der Waals surface area (Å²) in [4.78, 5) is 0. The Balaban J connectivity index is 2.48. The molecule has 0 spiro atoms. The van der Waals surface area contributed by atoms with Crippen molar-refractivity contribution in [1.29, 1.82) is 0 Å². The molecule has 1 fully saturated rings. The molecule has 3 atom stereocenters. The van der Waals surface area contributed by atoms with Crippen molar-refractivity contribution in [2.24, 2.45) is 11.8 Å². The molecule has 1 N–H and O–H groups in total. The molecule has 0 heterocycles. The maximum atomic E-state index is 9.42. The van der Waals surface area contributed by atoms with Gasteiger partial charge in [0.05, 0.1) is 0 Å². The van der Waals surface area contributed by atoms with Crippen molar-refractivity contribution in [2.45, 2.75) is 38.7 Å². The fraction of sp³-hybridized carbons (Fsp3) is 0.800. The molecule has 0 amide bonds. The summed E-state index contributed by atoms with van der Waals surface area (Å²) in [6, 6.07) is 0. The Kier molecular flexibility index (Phi) is 2.96. The summed E-state index contributed by atoms with van der Waals surface area (Å²) in [5.74, 6) is 3.38. The minimum atomic E-state index is -0.509. The van der Waals surface area contributed by atoms with Crippen LogP contribution in [0.2, 0.25) is 0 Å². The van der Waals surface area contributed by atoms with Crippen LogP contribution in [-0.4, -0.2) is 11.2 Å². The summed E-state index contributed by atoms with van der Waals surface area (Å²) in [5.41, 5.74) is 0. The molecular weight excluding hydrogens is 136 g/mol. The van der Waals surface area contributed by atoms with Crippen LogP contribution in [0, 0.1) is 24.2 Å². The Bertz CT molecular complexity index is 157. The maximum Gasteiger partial charge on any atom is 0.117 e. The second-order valence-corrected chi connectivity index (χ2v) is 3.54. The van der Waals surface area contributed by atoms with E-state index >= 15 is 0 Å². The molecule has 62 valence electrons.